The molecule has 0 aliphatic carbocycles. The first-order valence-corrected chi connectivity index (χ1v) is 9.51. The number of aryl methyl sites for hydroxylation is 1. The summed E-state index contributed by atoms with van der Waals surface area (Å²) < 4.78 is 31.1. The molecule has 0 aliphatic heterocycles. The SMILES string of the molecule is Cc1cc(C(=O)Nc2ccc3oc(=O)[nH]c3c2)cc(S(=O)(=O)N(C)C)c1C. The van der Waals surface area contributed by atoms with E-state index in [0.717, 1.165) is 4.31 Å². The largest absolute Gasteiger partial charge is 0.417 e. The number of aromatic amines is 1. The zero-order chi connectivity index (χ0) is 19.9. The number of nitrogens with one attached hydrogen (secondary N) is 2. The van der Waals surface area contributed by atoms with Crippen molar-refractivity contribution in [2.45, 2.75) is 18.7 Å². The van der Waals surface area contributed by atoms with Crippen LogP contribution >= 0.6 is 0 Å². The van der Waals surface area contributed by atoms with E-state index in [9.17, 15) is 18.0 Å². The third kappa shape index (κ3) is 3.51. The summed E-state index contributed by atoms with van der Waals surface area (Å²) in [5, 5.41) is 2.70. The Bertz CT molecular complexity index is 1210. The molecule has 8 nitrogen and oxygen atoms in total. The van der Waals surface area contributed by atoms with Crippen molar-refractivity contribution in [1.82, 2.24) is 9.29 Å². The second-order valence-corrected chi connectivity index (χ2v) is 8.50. The number of hydrogen-bond donors (Lipinski definition) is 2. The monoisotopic (exact) mass is 389 g/mol. The van der Waals surface area contributed by atoms with Crippen molar-refractivity contribution < 1.29 is 17.6 Å². The quantitative estimate of drug-likeness (QED) is 0.711. The van der Waals surface area contributed by atoms with E-state index >= 15 is 0 Å². The van der Waals surface area contributed by atoms with Crippen LogP contribution in [0.3, 0.4) is 0 Å². The first-order chi connectivity index (χ1) is 12.6. The summed E-state index contributed by atoms with van der Waals surface area (Å²) in [6.45, 7) is 3.46. The number of carbonyl (C=O) groups is 1. The first-order valence-electron chi connectivity index (χ1n) is 8.07. The van der Waals surface area contributed by atoms with Crippen molar-refractivity contribution in [3.05, 3.63) is 57.6 Å². The number of anilines is 1. The standard InChI is InChI=1S/C18H19N3O5S/c1-10-7-12(8-16(11(10)2)27(24,25)21(3)4)17(22)19-13-5-6-15-14(9-13)20-18(23)26-15/h5-9H,1-4H3,(H,19,22)(H,20,23). The molecular weight excluding hydrogens is 370 g/mol. The van der Waals surface area contributed by atoms with Gasteiger partial charge in [-0.1, -0.05) is 0 Å². The van der Waals surface area contributed by atoms with Gasteiger partial charge in [-0.2, -0.15) is 0 Å². The molecule has 1 heterocycles. The molecule has 1 amide bonds. The van der Waals surface area contributed by atoms with Crippen LogP contribution in [-0.4, -0.2) is 37.7 Å². The predicted octanol–water partition coefficient (Wildman–Crippen LogP) is 2.24. The lowest BCUT2D eigenvalue weighted by atomic mass is 10.1. The zero-order valence-electron chi connectivity index (χ0n) is 15.3. The van der Waals surface area contributed by atoms with Crippen LogP contribution in [0.4, 0.5) is 5.69 Å². The molecule has 0 saturated carbocycles. The van der Waals surface area contributed by atoms with Crippen LogP contribution in [0.15, 0.2) is 44.4 Å². The van der Waals surface area contributed by atoms with Gasteiger partial charge in [0.05, 0.1) is 10.4 Å². The number of oxazole rings is 1. The number of amides is 1. The molecule has 0 saturated heterocycles. The molecular formula is C18H19N3O5S. The van der Waals surface area contributed by atoms with Gasteiger partial charge in [0.25, 0.3) is 5.91 Å². The molecule has 0 spiro atoms. The molecule has 0 unspecified atom stereocenters. The Kier molecular flexibility index (Phi) is 4.66. The molecule has 1 aromatic heterocycles. The summed E-state index contributed by atoms with van der Waals surface area (Å²) in [6.07, 6.45) is 0. The van der Waals surface area contributed by atoms with Crippen molar-refractivity contribution in [2.24, 2.45) is 0 Å². The maximum atomic E-state index is 12.7. The second kappa shape index (κ2) is 6.67. The van der Waals surface area contributed by atoms with Gasteiger partial charge in [-0.15, -0.1) is 0 Å². The Morgan fingerprint density at radius 1 is 1.15 bits per heavy atom. The smallest absolute Gasteiger partial charge is 0.408 e. The topological polar surface area (TPSA) is 112 Å². The molecule has 0 atom stereocenters. The summed E-state index contributed by atoms with van der Waals surface area (Å²) in [5.41, 5.74) is 2.78. The highest BCUT2D eigenvalue weighted by Gasteiger charge is 2.23. The predicted molar refractivity (Wildman–Crippen MR) is 102 cm³/mol. The fourth-order valence-electron chi connectivity index (χ4n) is 2.66. The van der Waals surface area contributed by atoms with E-state index in [1.54, 1.807) is 38.1 Å². The highest BCUT2D eigenvalue weighted by molar-refractivity contribution is 7.89. The lowest BCUT2D eigenvalue weighted by Crippen LogP contribution is -2.24. The molecule has 142 valence electrons. The normalized spacial score (nSPS) is 11.9. The molecule has 0 radical (unpaired) electrons. The van der Waals surface area contributed by atoms with Crippen LogP contribution in [0.5, 0.6) is 0 Å². The van der Waals surface area contributed by atoms with Gasteiger partial charge in [0, 0.05) is 25.3 Å². The van der Waals surface area contributed by atoms with E-state index in [0.29, 0.717) is 27.9 Å². The third-order valence-electron chi connectivity index (χ3n) is 4.32. The third-order valence-corrected chi connectivity index (χ3v) is 6.26. The van der Waals surface area contributed by atoms with E-state index < -0.39 is 21.7 Å². The number of aromatic nitrogens is 1. The lowest BCUT2D eigenvalue weighted by molar-refractivity contribution is 0.102. The molecule has 2 aromatic carbocycles. The Morgan fingerprint density at radius 3 is 2.52 bits per heavy atom. The Balaban J connectivity index is 1.98. The maximum Gasteiger partial charge on any atom is 0.417 e. The van der Waals surface area contributed by atoms with Gasteiger partial charge < -0.3 is 9.73 Å². The van der Waals surface area contributed by atoms with Gasteiger partial charge in [-0.05, 0) is 55.3 Å². The Labute approximate surface area is 155 Å². The van der Waals surface area contributed by atoms with Crippen LogP contribution in [0.25, 0.3) is 11.1 Å². The number of carbonyl (C=O) groups excluding carboxylic acids is 1. The van der Waals surface area contributed by atoms with Gasteiger partial charge in [0.2, 0.25) is 10.0 Å². The minimum atomic E-state index is -3.68. The molecule has 0 fully saturated rings. The van der Waals surface area contributed by atoms with Crippen molar-refractivity contribution in [1.29, 1.82) is 0 Å². The average molecular weight is 389 g/mol. The van der Waals surface area contributed by atoms with Crippen molar-refractivity contribution >= 4 is 32.7 Å². The number of sulfonamides is 1. The molecule has 0 aliphatic rings. The lowest BCUT2D eigenvalue weighted by Gasteiger charge is -2.16. The number of rotatable bonds is 4. The van der Waals surface area contributed by atoms with Crippen LogP contribution < -0.4 is 11.1 Å². The van der Waals surface area contributed by atoms with Gasteiger partial charge in [-0.25, -0.2) is 17.5 Å². The molecule has 3 rings (SSSR count). The molecule has 27 heavy (non-hydrogen) atoms. The Hall–Kier alpha value is -2.91. The zero-order valence-corrected chi connectivity index (χ0v) is 16.1. The molecule has 0 bridgehead atoms. The maximum absolute atomic E-state index is 12.7. The van der Waals surface area contributed by atoms with E-state index in [1.807, 2.05) is 0 Å². The van der Waals surface area contributed by atoms with Crippen LogP contribution in [0.1, 0.15) is 21.5 Å². The molecule has 9 heteroatoms. The van der Waals surface area contributed by atoms with Gasteiger partial charge in [-0.3, -0.25) is 9.78 Å². The highest BCUT2D eigenvalue weighted by atomic mass is 32.2. The average Bonchev–Trinajstić information content (AvgIpc) is 2.96. The number of H-pyrrole nitrogens is 1. The Morgan fingerprint density at radius 2 is 1.85 bits per heavy atom. The van der Waals surface area contributed by atoms with E-state index in [1.165, 1.54) is 20.2 Å². The van der Waals surface area contributed by atoms with Gasteiger partial charge >= 0.3 is 5.76 Å². The number of nitrogens with zero attached hydrogens (tertiary/aromatic N) is 1. The summed E-state index contributed by atoms with van der Waals surface area (Å²) in [5.74, 6) is -1.04. The summed E-state index contributed by atoms with van der Waals surface area (Å²) >= 11 is 0. The number of hydrogen-bond acceptors (Lipinski definition) is 5. The summed E-state index contributed by atoms with van der Waals surface area (Å²) in [6, 6.07) is 7.72. The number of fused-ring (bicyclic) bond motifs is 1. The van der Waals surface area contributed by atoms with Crippen LogP contribution in [-0.2, 0) is 10.0 Å². The minimum Gasteiger partial charge on any atom is -0.408 e. The van der Waals surface area contributed by atoms with E-state index in [-0.39, 0.29) is 10.5 Å². The van der Waals surface area contributed by atoms with Crippen LogP contribution in [0, 0.1) is 13.8 Å². The molecule has 3 aromatic rings. The second-order valence-electron chi connectivity index (χ2n) is 6.38. The van der Waals surface area contributed by atoms with E-state index in [4.69, 9.17) is 4.42 Å². The highest BCUT2D eigenvalue weighted by Crippen LogP contribution is 2.24. The fraction of sp³-hybridized carbons (Fsp3) is 0.222. The van der Waals surface area contributed by atoms with Crippen LogP contribution in [0.2, 0.25) is 0 Å². The summed E-state index contributed by atoms with van der Waals surface area (Å²) in [4.78, 5) is 26.5. The molecule has 2 N–H and O–H groups in total. The van der Waals surface area contributed by atoms with Crippen molar-refractivity contribution in [2.75, 3.05) is 19.4 Å². The van der Waals surface area contributed by atoms with Gasteiger partial charge in [0.15, 0.2) is 5.58 Å². The van der Waals surface area contributed by atoms with E-state index in [2.05, 4.69) is 10.3 Å². The number of benzene rings is 2. The first kappa shape index (κ1) is 18.9. The minimum absolute atomic E-state index is 0.0901. The summed E-state index contributed by atoms with van der Waals surface area (Å²) in [7, 11) is -0.799. The van der Waals surface area contributed by atoms with Gasteiger partial charge in [0.1, 0.15) is 0 Å². The van der Waals surface area contributed by atoms with Crippen molar-refractivity contribution in [3.8, 4) is 0 Å². The van der Waals surface area contributed by atoms with Crippen molar-refractivity contribution in [3.63, 3.8) is 0 Å². The fourth-order valence-corrected chi connectivity index (χ4v) is 3.87.